The van der Waals surface area contributed by atoms with E-state index < -0.39 is 0 Å². The summed E-state index contributed by atoms with van der Waals surface area (Å²) in [7, 11) is 0. The van der Waals surface area contributed by atoms with Gasteiger partial charge >= 0.3 is 0 Å². The van der Waals surface area contributed by atoms with E-state index in [9.17, 15) is 4.79 Å². The van der Waals surface area contributed by atoms with E-state index in [1.54, 1.807) is 16.7 Å². The summed E-state index contributed by atoms with van der Waals surface area (Å²) in [4.78, 5) is 21.5. The average molecular weight is 473 g/mol. The number of hydrogen-bond donors (Lipinski definition) is 4. The van der Waals surface area contributed by atoms with E-state index >= 15 is 0 Å². The van der Waals surface area contributed by atoms with E-state index in [2.05, 4.69) is 45.2 Å². The van der Waals surface area contributed by atoms with E-state index in [0.29, 0.717) is 12.2 Å². The van der Waals surface area contributed by atoms with Crippen molar-refractivity contribution in [2.24, 2.45) is 5.73 Å². The summed E-state index contributed by atoms with van der Waals surface area (Å²) in [6.45, 7) is 4.95. The zero-order chi connectivity index (χ0) is 22.4. The van der Waals surface area contributed by atoms with E-state index in [1.807, 2.05) is 11.4 Å². The lowest BCUT2D eigenvalue weighted by Gasteiger charge is -2.05. The number of carbonyl (C=O) groups is 1. The van der Waals surface area contributed by atoms with Crippen LogP contribution in [0.25, 0.3) is 10.7 Å². The Hall–Kier alpha value is -2.17. The first kappa shape index (κ1) is 24.5. The maximum absolute atomic E-state index is 12.3. The second kappa shape index (κ2) is 14.1. The van der Waals surface area contributed by atoms with Crippen molar-refractivity contribution < 1.29 is 4.79 Å². The van der Waals surface area contributed by atoms with Gasteiger partial charge in [0.2, 0.25) is 0 Å². The minimum absolute atomic E-state index is 0.129. The number of carbonyl (C=O) groups excluding carboxylic acids is 1. The van der Waals surface area contributed by atoms with E-state index in [4.69, 9.17) is 10.7 Å². The van der Waals surface area contributed by atoms with Gasteiger partial charge in [0.05, 0.1) is 5.01 Å². The van der Waals surface area contributed by atoms with Crippen molar-refractivity contribution >= 4 is 28.6 Å². The van der Waals surface area contributed by atoms with E-state index in [-0.39, 0.29) is 5.91 Å². The van der Waals surface area contributed by atoms with Crippen LogP contribution in [0.2, 0.25) is 0 Å². The van der Waals surface area contributed by atoms with Gasteiger partial charge in [-0.25, -0.2) is 9.97 Å². The number of unbranched alkanes of at least 4 members (excludes halogenated alkanes) is 1. The lowest BCUT2D eigenvalue weighted by molar-refractivity contribution is 0.0949. The highest BCUT2D eigenvalue weighted by molar-refractivity contribution is 7.14. The van der Waals surface area contributed by atoms with Gasteiger partial charge in [-0.15, -0.1) is 22.7 Å². The maximum Gasteiger partial charge on any atom is 0.270 e. The van der Waals surface area contributed by atoms with Crippen molar-refractivity contribution in [3.63, 3.8) is 0 Å². The van der Waals surface area contributed by atoms with Gasteiger partial charge in [0, 0.05) is 36.8 Å². The number of aromatic nitrogens is 2. The van der Waals surface area contributed by atoms with Gasteiger partial charge in [-0.1, -0.05) is 30.3 Å². The Morgan fingerprint density at radius 1 is 0.906 bits per heavy atom. The average Bonchev–Trinajstić information content (AvgIpc) is 3.49. The molecular formula is C23H32N6OS2. The summed E-state index contributed by atoms with van der Waals surface area (Å²) in [5, 5.41) is 15.4. The quantitative estimate of drug-likeness (QED) is 0.253. The number of benzene rings is 1. The molecule has 3 aromatic rings. The summed E-state index contributed by atoms with van der Waals surface area (Å²) < 4.78 is 0. The number of rotatable bonds is 15. The molecule has 0 aliphatic heterocycles. The van der Waals surface area contributed by atoms with Crippen LogP contribution >= 0.6 is 22.7 Å². The molecule has 0 aliphatic carbocycles. The van der Waals surface area contributed by atoms with Crippen LogP contribution in [-0.2, 0) is 13.0 Å². The Morgan fingerprint density at radius 3 is 2.59 bits per heavy atom. The van der Waals surface area contributed by atoms with Gasteiger partial charge in [0.15, 0.2) is 0 Å². The standard InChI is InChI=1S/C23H32N6OS2/c24-10-4-5-11-25-12-6-13-27-22(30)19-16-32-23(29-19)20-17-31-21(28-20)9-14-26-15-18-7-2-1-3-8-18/h1-3,7-8,16-17,25-26H,4-6,9-15,24H2,(H,27,30). The Balaban J connectivity index is 1.35. The molecule has 0 bridgehead atoms. The molecule has 0 atom stereocenters. The summed E-state index contributed by atoms with van der Waals surface area (Å²) in [6.07, 6.45) is 3.89. The SMILES string of the molecule is NCCCCNCCCNC(=O)c1csc(-c2csc(CCNCc3ccccc3)n2)n1. The minimum atomic E-state index is -0.129. The topological polar surface area (TPSA) is 105 Å². The van der Waals surface area contributed by atoms with Crippen molar-refractivity contribution in [2.75, 3.05) is 32.7 Å². The Labute approximate surface area is 197 Å². The maximum atomic E-state index is 12.3. The third kappa shape index (κ3) is 8.40. The van der Waals surface area contributed by atoms with Crippen LogP contribution in [0.1, 0.15) is 40.3 Å². The van der Waals surface area contributed by atoms with Crippen LogP contribution < -0.4 is 21.7 Å². The first-order valence-electron chi connectivity index (χ1n) is 11.1. The summed E-state index contributed by atoms with van der Waals surface area (Å²) in [6, 6.07) is 10.4. The summed E-state index contributed by atoms with van der Waals surface area (Å²) in [5.74, 6) is -0.129. The molecule has 1 amide bonds. The molecule has 0 aliphatic rings. The molecule has 0 unspecified atom stereocenters. The van der Waals surface area contributed by atoms with Gasteiger partial charge < -0.3 is 21.7 Å². The Bertz CT molecular complexity index is 927. The number of nitrogens with one attached hydrogen (secondary N) is 3. The molecule has 1 aromatic carbocycles. The van der Waals surface area contributed by atoms with Crippen LogP contribution in [0.4, 0.5) is 0 Å². The largest absolute Gasteiger partial charge is 0.351 e. The number of nitrogens with two attached hydrogens (primary N) is 1. The van der Waals surface area contributed by atoms with Crippen LogP contribution in [0, 0.1) is 0 Å². The zero-order valence-electron chi connectivity index (χ0n) is 18.3. The molecule has 2 heterocycles. The molecule has 32 heavy (non-hydrogen) atoms. The van der Waals surface area contributed by atoms with Crippen molar-refractivity contribution in [3.8, 4) is 10.7 Å². The first-order chi connectivity index (χ1) is 15.8. The lowest BCUT2D eigenvalue weighted by atomic mass is 10.2. The van der Waals surface area contributed by atoms with Gasteiger partial charge in [-0.3, -0.25) is 4.79 Å². The van der Waals surface area contributed by atoms with E-state index in [1.165, 1.54) is 16.9 Å². The van der Waals surface area contributed by atoms with Crippen LogP contribution in [0.3, 0.4) is 0 Å². The zero-order valence-corrected chi connectivity index (χ0v) is 19.9. The fraction of sp³-hybridized carbons (Fsp3) is 0.435. The highest BCUT2D eigenvalue weighted by Crippen LogP contribution is 2.25. The minimum Gasteiger partial charge on any atom is -0.351 e. The molecule has 172 valence electrons. The molecule has 9 heteroatoms. The molecule has 0 radical (unpaired) electrons. The number of nitrogens with zero attached hydrogens (tertiary/aromatic N) is 2. The van der Waals surface area contributed by atoms with Crippen molar-refractivity contribution in [1.82, 2.24) is 25.9 Å². The lowest BCUT2D eigenvalue weighted by Crippen LogP contribution is -2.28. The predicted octanol–water partition coefficient (Wildman–Crippen LogP) is 3.05. The molecule has 3 rings (SSSR count). The third-order valence-electron chi connectivity index (χ3n) is 4.82. The fourth-order valence-electron chi connectivity index (χ4n) is 3.07. The van der Waals surface area contributed by atoms with Crippen molar-refractivity contribution in [3.05, 3.63) is 57.4 Å². The van der Waals surface area contributed by atoms with Crippen molar-refractivity contribution in [2.45, 2.75) is 32.2 Å². The van der Waals surface area contributed by atoms with Gasteiger partial charge in [-0.05, 0) is 44.5 Å². The summed E-state index contributed by atoms with van der Waals surface area (Å²) in [5.41, 5.74) is 8.06. The van der Waals surface area contributed by atoms with Crippen LogP contribution in [-0.4, -0.2) is 48.6 Å². The summed E-state index contributed by atoms with van der Waals surface area (Å²) >= 11 is 3.09. The predicted molar refractivity (Wildman–Crippen MR) is 133 cm³/mol. The van der Waals surface area contributed by atoms with Crippen molar-refractivity contribution in [1.29, 1.82) is 0 Å². The highest BCUT2D eigenvalue weighted by atomic mass is 32.1. The molecule has 2 aromatic heterocycles. The second-order valence-corrected chi connectivity index (χ2v) is 9.23. The van der Waals surface area contributed by atoms with Gasteiger partial charge in [0.1, 0.15) is 16.4 Å². The molecule has 0 spiro atoms. The molecule has 7 nitrogen and oxygen atoms in total. The highest BCUT2D eigenvalue weighted by Gasteiger charge is 2.13. The number of amides is 1. The number of hydrogen-bond acceptors (Lipinski definition) is 8. The Morgan fingerprint density at radius 2 is 1.75 bits per heavy atom. The molecule has 0 saturated carbocycles. The molecular weight excluding hydrogens is 440 g/mol. The number of thiazole rings is 2. The molecule has 5 N–H and O–H groups in total. The normalized spacial score (nSPS) is 11.0. The molecule has 0 saturated heterocycles. The van der Waals surface area contributed by atoms with Gasteiger partial charge in [0.25, 0.3) is 5.91 Å². The third-order valence-corrected chi connectivity index (χ3v) is 6.59. The van der Waals surface area contributed by atoms with Gasteiger partial charge in [-0.2, -0.15) is 0 Å². The fourth-order valence-corrected chi connectivity index (χ4v) is 4.69. The molecule has 0 fully saturated rings. The van der Waals surface area contributed by atoms with Crippen LogP contribution in [0.15, 0.2) is 41.1 Å². The monoisotopic (exact) mass is 472 g/mol. The van der Waals surface area contributed by atoms with Crippen LogP contribution in [0.5, 0.6) is 0 Å². The first-order valence-corrected chi connectivity index (χ1v) is 12.9. The Kier molecular flexibility index (Phi) is 10.8. The van der Waals surface area contributed by atoms with E-state index in [0.717, 1.165) is 74.1 Å². The smallest absolute Gasteiger partial charge is 0.270 e. The second-order valence-electron chi connectivity index (χ2n) is 7.43.